The van der Waals surface area contributed by atoms with Gasteiger partial charge < -0.3 is 4.52 Å². The highest BCUT2D eigenvalue weighted by molar-refractivity contribution is 7.48. The predicted molar refractivity (Wildman–Crippen MR) is 98.0 cm³/mol. The van der Waals surface area contributed by atoms with Gasteiger partial charge in [-0.25, -0.2) is 4.57 Å². The molecule has 0 radical (unpaired) electrons. The Labute approximate surface area is 147 Å². The van der Waals surface area contributed by atoms with E-state index in [1.54, 1.807) is 36.4 Å². The van der Waals surface area contributed by atoms with Gasteiger partial charge in [-0.2, -0.15) is 0 Å². The molecule has 0 spiro atoms. The number of ketones is 1. The summed E-state index contributed by atoms with van der Waals surface area (Å²) < 4.78 is 27.6. The van der Waals surface area contributed by atoms with Crippen molar-refractivity contribution in [2.45, 2.75) is 13.8 Å². The summed E-state index contributed by atoms with van der Waals surface area (Å²) in [5, 5.41) is 0. The smallest absolute Gasteiger partial charge is 0.403 e. The Morgan fingerprint density at radius 1 is 1.00 bits per heavy atom. The van der Waals surface area contributed by atoms with Gasteiger partial charge in [0.1, 0.15) is 5.75 Å². The van der Waals surface area contributed by atoms with Crippen LogP contribution in [0.3, 0.4) is 0 Å². The second-order valence-corrected chi connectivity index (χ2v) is 7.20. The van der Waals surface area contributed by atoms with Crippen molar-refractivity contribution in [1.29, 1.82) is 0 Å². The average Bonchev–Trinajstić information content (AvgIpc) is 2.65. The quantitative estimate of drug-likeness (QED) is 0.396. The van der Waals surface area contributed by atoms with Gasteiger partial charge in [-0.3, -0.25) is 13.8 Å². The van der Waals surface area contributed by atoms with Gasteiger partial charge in [-0.15, -0.1) is 0 Å². The maximum absolute atomic E-state index is 12.3. The number of allylic oxidation sites excluding steroid dienone is 1. The van der Waals surface area contributed by atoms with Gasteiger partial charge in [0.25, 0.3) is 0 Å². The fraction of sp³-hybridized carbons (Fsp3) is 0.211. The largest absolute Gasteiger partial charge is 0.529 e. The lowest BCUT2D eigenvalue weighted by Crippen LogP contribution is -2.01. The van der Waals surface area contributed by atoms with E-state index in [0.717, 1.165) is 11.1 Å². The van der Waals surface area contributed by atoms with Crippen LogP contribution < -0.4 is 4.52 Å². The molecule has 0 aliphatic rings. The molecule has 2 rings (SSSR count). The Morgan fingerprint density at radius 2 is 1.64 bits per heavy atom. The molecule has 132 valence electrons. The topological polar surface area (TPSA) is 61.8 Å². The molecule has 0 aliphatic carbocycles. The number of phosphoric ester groups is 1. The lowest BCUT2D eigenvalue weighted by atomic mass is 10.0. The van der Waals surface area contributed by atoms with E-state index in [0.29, 0.717) is 16.9 Å². The van der Waals surface area contributed by atoms with E-state index in [1.165, 1.54) is 20.3 Å². The van der Waals surface area contributed by atoms with Crippen molar-refractivity contribution >= 4 is 19.7 Å². The van der Waals surface area contributed by atoms with Crippen LogP contribution in [-0.2, 0) is 13.6 Å². The van der Waals surface area contributed by atoms with Crippen molar-refractivity contribution in [2.24, 2.45) is 0 Å². The molecule has 0 amide bonds. The van der Waals surface area contributed by atoms with E-state index in [4.69, 9.17) is 13.6 Å². The fourth-order valence-corrected chi connectivity index (χ4v) is 2.95. The Morgan fingerprint density at radius 3 is 2.24 bits per heavy atom. The summed E-state index contributed by atoms with van der Waals surface area (Å²) in [5.74, 6) is 0.232. The molecular formula is C19H21O5P. The fourth-order valence-electron chi connectivity index (χ4n) is 2.19. The molecule has 5 nitrogen and oxygen atoms in total. The normalized spacial score (nSPS) is 11.7. The third-order valence-electron chi connectivity index (χ3n) is 3.83. The van der Waals surface area contributed by atoms with Gasteiger partial charge in [0, 0.05) is 25.3 Å². The van der Waals surface area contributed by atoms with Gasteiger partial charge in [-0.05, 0) is 37.1 Å². The van der Waals surface area contributed by atoms with Crippen molar-refractivity contribution in [1.82, 2.24) is 0 Å². The number of benzene rings is 2. The number of rotatable bonds is 7. The average molecular weight is 360 g/mol. The highest BCUT2D eigenvalue weighted by atomic mass is 31.2. The molecule has 0 heterocycles. The molecule has 2 aromatic rings. The van der Waals surface area contributed by atoms with Crippen molar-refractivity contribution in [3.63, 3.8) is 0 Å². The number of aryl methyl sites for hydroxylation is 1. The summed E-state index contributed by atoms with van der Waals surface area (Å²) in [6, 6.07) is 12.6. The molecule has 6 heteroatoms. The zero-order valence-corrected chi connectivity index (χ0v) is 15.6. The minimum Gasteiger partial charge on any atom is -0.403 e. The maximum Gasteiger partial charge on any atom is 0.529 e. The standard InChI is InChI=1S/C19H21O5P/c1-14-10-11-17(12-13-18(20)16-8-6-5-7-9-16)19(15(14)2)24-25(21,22-3)23-4/h5-13H,1-4H3/b13-12+. The third-order valence-corrected chi connectivity index (χ3v) is 5.13. The summed E-state index contributed by atoms with van der Waals surface area (Å²) in [4.78, 5) is 12.2. The maximum atomic E-state index is 12.3. The van der Waals surface area contributed by atoms with E-state index in [2.05, 4.69) is 0 Å². The molecule has 0 N–H and O–H groups in total. The molecule has 0 unspecified atom stereocenters. The zero-order chi connectivity index (χ0) is 18.4. The van der Waals surface area contributed by atoms with Crippen molar-refractivity contribution in [2.75, 3.05) is 14.2 Å². The minimum absolute atomic E-state index is 0.133. The molecule has 0 aliphatic heterocycles. The number of hydrogen-bond donors (Lipinski definition) is 0. The molecular weight excluding hydrogens is 339 g/mol. The first-order chi connectivity index (χ1) is 11.9. The van der Waals surface area contributed by atoms with Crippen LogP contribution in [0.1, 0.15) is 27.0 Å². The lowest BCUT2D eigenvalue weighted by Gasteiger charge is -2.18. The van der Waals surface area contributed by atoms with Crippen molar-refractivity contribution in [3.8, 4) is 5.75 Å². The summed E-state index contributed by atoms with van der Waals surface area (Å²) in [7, 11) is -1.19. The van der Waals surface area contributed by atoms with Crippen LogP contribution in [0, 0.1) is 13.8 Å². The SMILES string of the molecule is COP(=O)(OC)Oc1c(/C=C/C(=O)c2ccccc2)ccc(C)c1C. The van der Waals surface area contributed by atoms with Crippen LogP contribution in [0.25, 0.3) is 6.08 Å². The highest BCUT2D eigenvalue weighted by Gasteiger charge is 2.27. The molecule has 0 atom stereocenters. The van der Waals surface area contributed by atoms with Crippen LogP contribution >= 0.6 is 7.82 Å². The van der Waals surface area contributed by atoms with Crippen LogP contribution in [0.2, 0.25) is 0 Å². The molecule has 0 saturated heterocycles. The van der Waals surface area contributed by atoms with Gasteiger partial charge in [-0.1, -0.05) is 42.5 Å². The van der Waals surface area contributed by atoms with Crippen molar-refractivity contribution < 1.29 is 22.9 Å². The first-order valence-corrected chi connectivity index (χ1v) is 9.15. The molecule has 2 aromatic carbocycles. The van der Waals surface area contributed by atoms with Gasteiger partial charge >= 0.3 is 7.82 Å². The summed E-state index contributed by atoms with van der Waals surface area (Å²) >= 11 is 0. The molecule has 0 bridgehead atoms. The van der Waals surface area contributed by atoms with Gasteiger partial charge in [0.2, 0.25) is 0 Å². The van der Waals surface area contributed by atoms with Crippen LogP contribution in [0.4, 0.5) is 0 Å². The predicted octanol–water partition coefficient (Wildman–Crippen LogP) is 4.98. The summed E-state index contributed by atoms with van der Waals surface area (Å²) in [6.07, 6.45) is 3.09. The Bertz CT molecular complexity index is 819. The summed E-state index contributed by atoms with van der Waals surface area (Å²) in [6.45, 7) is 3.76. The van der Waals surface area contributed by atoms with Crippen molar-refractivity contribution in [3.05, 3.63) is 70.8 Å². The van der Waals surface area contributed by atoms with Gasteiger partial charge in [0.05, 0.1) is 0 Å². The number of hydrogen-bond acceptors (Lipinski definition) is 5. The Balaban J connectivity index is 2.38. The monoisotopic (exact) mass is 360 g/mol. The Hall–Kier alpha value is -2.20. The van der Waals surface area contributed by atoms with Crippen LogP contribution in [-0.4, -0.2) is 20.0 Å². The molecule has 0 saturated carbocycles. The first kappa shape index (κ1) is 19.1. The zero-order valence-electron chi connectivity index (χ0n) is 14.7. The number of phosphoric acid groups is 1. The second-order valence-electron chi connectivity index (χ2n) is 5.39. The second kappa shape index (κ2) is 8.26. The number of carbonyl (C=O) groups is 1. The Kier molecular flexibility index (Phi) is 6.32. The van der Waals surface area contributed by atoms with E-state index in [1.807, 2.05) is 26.0 Å². The highest BCUT2D eigenvalue weighted by Crippen LogP contribution is 2.49. The number of carbonyl (C=O) groups excluding carboxylic acids is 1. The summed E-state index contributed by atoms with van der Waals surface area (Å²) in [5.41, 5.74) is 2.95. The third kappa shape index (κ3) is 4.67. The van der Waals surface area contributed by atoms with E-state index >= 15 is 0 Å². The van der Waals surface area contributed by atoms with E-state index < -0.39 is 7.82 Å². The van der Waals surface area contributed by atoms with E-state index in [9.17, 15) is 9.36 Å². The van der Waals surface area contributed by atoms with Crippen LogP contribution in [0.5, 0.6) is 5.75 Å². The molecule has 0 aromatic heterocycles. The molecule has 25 heavy (non-hydrogen) atoms. The van der Waals surface area contributed by atoms with E-state index in [-0.39, 0.29) is 5.78 Å². The van der Waals surface area contributed by atoms with Crippen LogP contribution in [0.15, 0.2) is 48.5 Å². The molecule has 0 fully saturated rings. The lowest BCUT2D eigenvalue weighted by molar-refractivity contribution is 0.104. The first-order valence-electron chi connectivity index (χ1n) is 7.69. The minimum atomic E-state index is -3.70. The van der Waals surface area contributed by atoms with Gasteiger partial charge in [0.15, 0.2) is 5.78 Å².